The summed E-state index contributed by atoms with van der Waals surface area (Å²) in [6, 6.07) is 0. The Balaban J connectivity index is 2.55. The summed E-state index contributed by atoms with van der Waals surface area (Å²) in [5.74, 6) is -0.394. The minimum atomic E-state index is -0.394. The van der Waals surface area contributed by atoms with Gasteiger partial charge in [0.2, 0.25) is 5.69 Å². The quantitative estimate of drug-likeness (QED) is 0.351. The summed E-state index contributed by atoms with van der Waals surface area (Å²) in [6.45, 7) is 4.64. The van der Waals surface area contributed by atoms with Gasteiger partial charge in [0.15, 0.2) is 13.0 Å². The highest BCUT2D eigenvalue weighted by Crippen LogP contribution is 2.04. The van der Waals surface area contributed by atoms with Crippen molar-refractivity contribution in [2.24, 2.45) is 7.05 Å². The third-order valence-corrected chi connectivity index (χ3v) is 1.45. The van der Waals surface area contributed by atoms with Crippen molar-refractivity contribution in [2.45, 2.75) is 6.54 Å². The smallest absolute Gasteiger partial charge is 0.246 e. The van der Waals surface area contributed by atoms with Crippen LogP contribution in [0.5, 0.6) is 5.95 Å². The Morgan fingerprint density at radius 2 is 2.58 bits per heavy atom. The van der Waals surface area contributed by atoms with Crippen molar-refractivity contribution in [3.8, 4) is 5.95 Å². The van der Waals surface area contributed by atoms with Gasteiger partial charge < -0.3 is 14.9 Å². The standard InChI is InChI=1S/C7H11N3O2/c1-3-4-8-5-6-7(11)12-9-10(6)2/h3,8H,1,4-5H2,2H3. The Labute approximate surface area is 70.3 Å². The van der Waals surface area contributed by atoms with Crippen LogP contribution in [0.15, 0.2) is 17.2 Å². The molecule has 0 aliphatic heterocycles. The average Bonchev–Trinajstić information content (AvgIpc) is 2.35. The van der Waals surface area contributed by atoms with Crippen molar-refractivity contribution >= 4 is 0 Å². The van der Waals surface area contributed by atoms with Crippen LogP contribution >= 0.6 is 0 Å². The maximum atomic E-state index is 10.9. The Hall–Kier alpha value is -1.36. The van der Waals surface area contributed by atoms with E-state index in [-0.39, 0.29) is 0 Å². The molecule has 1 rings (SSSR count). The second-order valence-electron chi connectivity index (χ2n) is 2.35. The van der Waals surface area contributed by atoms with Crippen LogP contribution in [-0.2, 0) is 13.6 Å². The van der Waals surface area contributed by atoms with E-state index in [1.54, 1.807) is 13.1 Å². The number of aromatic nitrogens is 2. The van der Waals surface area contributed by atoms with Crippen molar-refractivity contribution < 1.29 is 14.3 Å². The maximum absolute atomic E-state index is 10.9. The fourth-order valence-electron chi connectivity index (χ4n) is 0.812. The average molecular weight is 169 g/mol. The van der Waals surface area contributed by atoms with Crippen LogP contribution in [0.1, 0.15) is 5.69 Å². The van der Waals surface area contributed by atoms with Crippen molar-refractivity contribution in [1.82, 2.24) is 10.6 Å². The third kappa shape index (κ3) is 1.82. The van der Waals surface area contributed by atoms with Gasteiger partial charge >= 0.3 is 0 Å². The number of aryl methyl sites for hydroxylation is 1. The van der Waals surface area contributed by atoms with E-state index in [9.17, 15) is 5.11 Å². The minimum Gasteiger partial charge on any atom is -0.539 e. The fraction of sp³-hybridized carbons (Fsp3) is 0.429. The van der Waals surface area contributed by atoms with E-state index in [0.29, 0.717) is 18.8 Å². The summed E-state index contributed by atoms with van der Waals surface area (Å²) >= 11 is 0. The summed E-state index contributed by atoms with van der Waals surface area (Å²) in [6.07, 6.45) is 1.72. The lowest BCUT2D eigenvalue weighted by Gasteiger charge is -1.96. The van der Waals surface area contributed by atoms with Crippen LogP contribution < -0.4 is 15.1 Å². The van der Waals surface area contributed by atoms with Gasteiger partial charge in [-0.3, -0.25) is 0 Å². The molecule has 0 spiro atoms. The van der Waals surface area contributed by atoms with E-state index in [0.717, 1.165) is 0 Å². The molecule has 1 heterocycles. The summed E-state index contributed by atoms with van der Waals surface area (Å²) in [5.41, 5.74) is 0.511. The number of rotatable bonds is 4. The van der Waals surface area contributed by atoms with Gasteiger partial charge in [-0.05, 0) is 0 Å². The van der Waals surface area contributed by atoms with Crippen LogP contribution in [0.2, 0.25) is 0 Å². The number of nitrogens with zero attached hydrogens (tertiary/aromatic N) is 2. The summed E-state index contributed by atoms with van der Waals surface area (Å²) < 4.78 is 5.83. The third-order valence-electron chi connectivity index (χ3n) is 1.45. The normalized spacial score (nSPS) is 10.1. The monoisotopic (exact) mass is 169 g/mol. The second-order valence-corrected chi connectivity index (χ2v) is 2.35. The van der Waals surface area contributed by atoms with Crippen molar-refractivity contribution in [2.75, 3.05) is 6.54 Å². The molecule has 0 aromatic carbocycles. The molecule has 66 valence electrons. The summed E-state index contributed by atoms with van der Waals surface area (Å²) in [4.78, 5) is 0. The molecular formula is C7H11N3O2. The van der Waals surface area contributed by atoms with E-state index in [1.165, 1.54) is 4.68 Å². The Bertz CT molecular complexity index is 250. The van der Waals surface area contributed by atoms with Gasteiger partial charge in [0.1, 0.15) is 0 Å². The largest absolute Gasteiger partial charge is 0.539 e. The molecule has 0 atom stereocenters. The fourth-order valence-corrected chi connectivity index (χ4v) is 0.812. The van der Waals surface area contributed by atoms with Gasteiger partial charge in [0, 0.05) is 6.54 Å². The Kier molecular flexibility index (Phi) is 2.82. The second kappa shape index (κ2) is 3.87. The molecule has 0 amide bonds. The van der Waals surface area contributed by atoms with Gasteiger partial charge in [0.05, 0.1) is 11.8 Å². The number of nitrogens with one attached hydrogen (secondary N) is 1. The van der Waals surface area contributed by atoms with Gasteiger partial charge in [-0.2, -0.15) is 0 Å². The van der Waals surface area contributed by atoms with Crippen LogP contribution in [-0.4, -0.2) is 11.8 Å². The zero-order chi connectivity index (χ0) is 8.97. The maximum Gasteiger partial charge on any atom is 0.246 e. The van der Waals surface area contributed by atoms with Gasteiger partial charge in [-0.15, -0.1) is 6.58 Å². The van der Waals surface area contributed by atoms with E-state index >= 15 is 0 Å². The first-order valence-electron chi connectivity index (χ1n) is 3.59. The van der Waals surface area contributed by atoms with E-state index < -0.39 is 5.95 Å². The zero-order valence-electron chi connectivity index (χ0n) is 6.91. The predicted octanol–water partition coefficient (Wildman–Crippen LogP) is -1.15. The molecule has 0 fully saturated rings. The molecule has 0 aliphatic carbocycles. The molecule has 0 aliphatic rings. The van der Waals surface area contributed by atoms with Gasteiger partial charge in [-0.1, -0.05) is 10.8 Å². The van der Waals surface area contributed by atoms with E-state index in [4.69, 9.17) is 0 Å². The lowest BCUT2D eigenvalue weighted by molar-refractivity contribution is -0.746. The van der Waals surface area contributed by atoms with E-state index in [1.807, 2.05) is 0 Å². The molecule has 1 aromatic rings. The number of hydrogen-bond acceptors (Lipinski definition) is 4. The first-order valence-corrected chi connectivity index (χ1v) is 3.59. The molecule has 12 heavy (non-hydrogen) atoms. The highest BCUT2D eigenvalue weighted by atomic mass is 16.6. The van der Waals surface area contributed by atoms with Gasteiger partial charge in [-0.25, -0.2) is 0 Å². The SMILES string of the molecule is C=CCNCc1c([O-])on[n+]1C. The number of hydrogen-bond donors (Lipinski definition) is 1. The van der Waals surface area contributed by atoms with Crippen LogP contribution in [0.25, 0.3) is 0 Å². The predicted molar refractivity (Wildman–Crippen MR) is 39.0 cm³/mol. The molecular weight excluding hydrogens is 158 g/mol. The van der Waals surface area contributed by atoms with Crippen molar-refractivity contribution in [3.05, 3.63) is 18.3 Å². The molecule has 0 bridgehead atoms. The topological polar surface area (TPSA) is 65.0 Å². The van der Waals surface area contributed by atoms with Crippen LogP contribution in [0, 0.1) is 0 Å². The molecule has 1 N–H and O–H groups in total. The van der Waals surface area contributed by atoms with Crippen molar-refractivity contribution in [3.63, 3.8) is 0 Å². The van der Waals surface area contributed by atoms with Crippen LogP contribution in [0.3, 0.4) is 0 Å². The molecule has 0 saturated carbocycles. The first kappa shape index (κ1) is 8.73. The molecule has 5 nitrogen and oxygen atoms in total. The summed E-state index contributed by atoms with van der Waals surface area (Å²) in [7, 11) is 1.66. The summed E-state index contributed by atoms with van der Waals surface area (Å²) in [5, 5.41) is 17.4. The van der Waals surface area contributed by atoms with E-state index in [2.05, 4.69) is 21.7 Å². The highest BCUT2D eigenvalue weighted by molar-refractivity contribution is 5.02. The lowest BCUT2D eigenvalue weighted by atomic mass is 10.4. The Morgan fingerprint density at radius 3 is 3.08 bits per heavy atom. The van der Waals surface area contributed by atoms with Crippen LogP contribution in [0.4, 0.5) is 0 Å². The Morgan fingerprint density at radius 1 is 1.83 bits per heavy atom. The lowest BCUT2D eigenvalue weighted by Crippen LogP contribution is -2.36. The van der Waals surface area contributed by atoms with Crippen molar-refractivity contribution in [1.29, 1.82) is 0 Å². The molecule has 0 saturated heterocycles. The molecule has 5 heteroatoms. The molecule has 1 aromatic heterocycles. The minimum absolute atomic E-state index is 0.394. The zero-order valence-corrected chi connectivity index (χ0v) is 6.91. The first-order chi connectivity index (χ1) is 5.75. The molecule has 0 radical (unpaired) electrons. The highest BCUT2D eigenvalue weighted by Gasteiger charge is 2.10. The molecule has 0 unspecified atom stereocenters. The van der Waals surface area contributed by atoms with Gasteiger partial charge in [0.25, 0.3) is 0 Å².